The van der Waals surface area contributed by atoms with Crippen molar-refractivity contribution >= 4 is 22.9 Å². The first-order valence-corrected chi connectivity index (χ1v) is 6.81. The Morgan fingerprint density at radius 1 is 1.17 bits per heavy atom. The van der Waals surface area contributed by atoms with Crippen LogP contribution in [0.5, 0.6) is 11.6 Å². The zero-order chi connectivity index (χ0) is 17.3. The molecule has 1 aromatic carbocycles. The number of hydrogen-bond acceptors (Lipinski definition) is 7. The van der Waals surface area contributed by atoms with E-state index in [4.69, 9.17) is 16.3 Å². The highest BCUT2D eigenvalue weighted by molar-refractivity contribution is 6.31. The largest absolute Gasteiger partial charge is 0.573 e. The molecule has 0 spiro atoms. The lowest BCUT2D eigenvalue weighted by molar-refractivity contribution is -0.274. The Bertz CT molecular complexity index is 885. The van der Waals surface area contributed by atoms with Gasteiger partial charge in [0.15, 0.2) is 0 Å². The third-order valence-electron chi connectivity index (χ3n) is 2.96. The summed E-state index contributed by atoms with van der Waals surface area (Å²) in [6.45, 7) is 0. The molecule has 0 aliphatic heterocycles. The molecule has 2 heterocycles. The number of alkyl halides is 3. The Hall–Kier alpha value is -2.62. The number of ether oxygens (including phenoxy) is 2. The van der Waals surface area contributed by atoms with Gasteiger partial charge in [-0.15, -0.1) is 13.2 Å². The van der Waals surface area contributed by atoms with Crippen molar-refractivity contribution in [3.63, 3.8) is 0 Å². The summed E-state index contributed by atoms with van der Waals surface area (Å²) >= 11 is 6.02. The summed E-state index contributed by atoms with van der Waals surface area (Å²) in [6.07, 6.45) is -4.63. The first-order chi connectivity index (χ1) is 11.4. The van der Waals surface area contributed by atoms with Crippen LogP contribution >= 0.6 is 11.6 Å². The molecule has 3 aromatic rings. The molecule has 0 unspecified atom stereocenters. The van der Waals surface area contributed by atoms with Gasteiger partial charge in [-0.3, -0.25) is 0 Å². The molecule has 0 bridgehead atoms. The van der Waals surface area contributed by atoms with Gasteiger partial charge >= 0.3 is 6.36 Å². The molecule has 0 atom stereocenters. The summed E-state index contributed by atoms with van der Waals surface area (Å²) in [4.78, 5) is 8.28. The van der Waals surface area contributed by atoms with Crippen molar-refractivity contribution < 1.29 is 27.3 Å². The molecule has 0 aliphatic carbocycles. The van der Waals surface area contributed by atoms with Gasteiger partial charge in [0.25, 0.3) is 0 Å². The van der Waals surface area contributed by atoms with Crippen LogP contribution in [0, 0.1) is 0 Å². The van der Waals surface area contributed by atoms with Crippen LogP contribution in [0.15, 0.2) is 22.8 Å². The maximum Gasteiger partial charge on any atom is 0.573 e. The first-order valence-electron chi connectivity index (χ1n) is 6.43. The Kier molecular flexibility index (Phi) is 4.14. The Morgan fingerprint density at radius 3 is 2.50 bits per heavy atom. The highest BCUT2D eigenvalue weighted by atomic mass is 35.5. The van der Waals surface area contributed by atoms with E-state index in [2.05, 4.69) is 29.6 Å². The lowest BCUT2D eigenvalue weighted by atomic mass is 10.1. The SMILES string of the molecule is COc1nc2nonc2nc1Cc1ccc(OC(F)(F)F)cc1Cl. The van der Waals surface area contributed by atoms with Gasteiger partial charge < -0.3 is 9.47 Å². The maximum absolute atomic E-state index is 12.2. The fourth-order valence-corrected chi connectivity index (χ4v) is 2.22. The van der Waals surface area contributed by atoms with Gasteiger partial charge in [0, 0.05) is 11.4 Å². The lowest BCUT2D eigenvalue weighted by Gasteiger charge is -2.11. The van der Waals surface area contributed by atoms with E-state index in [-0.39, 0.29) is 28.6 Å². The summed E-state index contributed by atoms with van der Waals surface area (Å²) in [6, 6.07) is 3.63. The van der Waals surface area contributed by atoms with E-state index in [0.29, 0.717) is 11.3 Å². The molecule has 0 radical (unpaired) electrons. The minimum absolute atomic E-state index is 0.0824. The Morgan fingerprint density at radius 2 is 1.88 bits per heavy atom. The van der Waals surface area contributed by atoms with E-state index < -0.39 is 12.1 Å². The fourth-order valence-electron chi connectivity index (χ4n) is 1.98. The highest BCUT2D eigenvalue weighted by Crippen LogP contribution is 2.30. The van der Waals surface area contributed by atoms with Crippen LogP contribution < -0.4 is 9.47 Å². The summed E-state index contributed by atoms with van der Waals surface area (Å²) in [5.41, 5.74) is 1.25. The zero-order valence-electron chi connectivity index (χ0n) is 12.0. The number of fused-ring (bicyclic) bond motifs is 1. The number of aromatic nitrogens is 4. The van der Waals surface area contributed by atoms with E-state index in [0.717, 1.165) is 12.1 Å². The van der Waals surface area contributed by atoms with Gasteiger partial charge in [-0.05, 0) is 28.0 Å². The minimum Gasteiger partial charge on any atom is -0.480 e. The molecule has 24 heavy (non-hydrogen) atoms. The standard InChI is InChI=1S/C13H8ClF3N4O3/c1-22-12-9(18-10-11(19-12)21-24-20-10)4-6-2-3-7(5-8(6)14)23-13(15,16)17/h2-3,5H,4H2,1H3. The molecule has 0 saturated carbocycles. The topological polar surface area (TPSA) is 83.2 Å². The smallest absolute Gasteiger partial charge is 0.480 e. The summed E-state index contributed by atoms with van der Waals surface area (Å²) < 4.78 is 50.1. The van der Waals surface area contributed by atoms with Crippen LogP contribution in [0.25, 0.3) is 11.3 Å². The molecule has 7 nitrogen and oxygen atoms in total. The fraction of sp³-hybridized carbons (Fsp3) is 0.231. The first kappa shape index (κ1) is 16.2. The van der Waals surface area contributed by atoms with Gasteiger partial charge in [0.05, 0.1) is 7.11 Å². The van der Waals surface area contributed by atoms with Crippen LogP contribution in [0.3, 0.4) is 0 Å². The average molecular weight is 361 g/mol. The van der Waals surface area contributed by atoms with Crippen molar-refractivity contribution in [1.82, 2.24) is 20.3 Å². The average Bonchev–Trinajstić information content (AvgIpc) is 2.94. The summed E-state index contributed by atoms with van der Waals surface area (Å²) in [5.74, 6) is -0.227. The van der Waals surface area contributed by atoms with Gasteiger partial charge in [-0.25, -0.2) is 9.61 Å². The molecular weight excluding hydrogens is 353 g/mol. The second kappa shape index (κ2) is 6.11. The van der Waals surface area contributed by atoms with E-state index >= 15 is 0 Å². The summed E-state index contributed by atoms with van der Waals surface area (Å²) in [7, 11) is 1.40. The molecule has 0 amide bonds. The molecular formula is C13H8ClF3N4O3. The molecule has 3 rings (SSSR count). The number of methoxy groups -OCH3 is 1. The van der Waals surface area contributed by atoms with Crippen LogP contribution in [0.4, 0.5) is 13.2 Å². The lowest BCUT2D eigenvalue weighted by Crippen LogP contribution is -2.17. The zero-order valence-corrected chi connectivity index (χ0v) is 12.7. The van der Waals surface area contributed by atoms with Gasteiger partial charge in [-0.2, -0.15) is 4.98 Å². The molecule has 2 aromatic heterocycles. The summed E-state index contributed by atoms with van der Waals surface area (Å²) in [5, 5.41) is 7.21. The van der Waals surface area contributed by atoms with Crippen LogP contribution in [0.2, 0.25) is 5.02 Å². The van der Waals surface area contributed by atoms with E-state index in [1.807, 2.05) is 0 Å². The number of hydrogen-bond donors (Lipinski definition) is 0. The quantitative estimate of drug-likeness (QED) is 0.706. The number of nitrogens with zero attached hydrogens (tertiary/aromatic N) is 4. The van der Waals surface area contributed by atoms with Crippen molar-refractivity contribution in [3.05, 3.63) is 34.5 Å². The number of benzene rings is 1. The van der Waals surface area contributed by atoms with Crippen molar-refractivity contribution in [2.45, 2.75) is 12.8 Å². The molecule has 0 aliphatic rings. The predicted molar refractivity (Wildman–Crippen MR) is 74.9 cm³/mol. The van der Waals surface area contributed by atoms with Crippen molar-refractivity contribution in [2.75, 3.05) is 7.11 Å². The molecule has 0 N–H and O–H groups in total. The van der Waals surface area contributed by atoms with E-state index in [1.54, 1.807) is 0 Å². The number of rotatable bonds is 4. The molecule has 0 saturated heterocycles. The highest BCUT2D eigenvalue weighted by Gasteiger charge is 2.31. The van der Waals surface area contributed by atoms with Crippen molar-refractivity contribution in [2.24, 2.45) is 0 Å². The van der Waals surface area contributed by atoms with Crippen LogP contribution in [0.1, 0.15) is 11.3 Å². The van der Waals surface area contributed by atoms with E-state index in [9.17, 15) is 13.2 Å². The van der Waals surface area contributed by atoms with Gasteiger partial charge in [0.2, 0.25) is 17.2 Å². The van der Waals surface area contributed by atoms with Crippen molar-refractivity contribution in [1.29, 1.82) is 0 Å². The van der Waals surface area contributed by atoms with Crippen LogP contribution in [-0.4, -0.2) is 33.8 Å². The second-order valence-corrected chi connectivity index (χ2v) is 4.98. The third kappa shape index (κ3) is 3.48. The molecule has 11 heteroatoms. The molecule has 126 valence electrons. The van der Waals surface area contributed by atoms with Gasteiger partial charge in [-0.1, -0.05) is 17.7 Å². The second-order valence-electron chi connectivity index (χ2n) is 4.57. The minimum atomic E-state index is -4.79. The third-order valence-corrected chi connectivity index (χ3v) is 3.31. The predicted octanol–water partition coefficient (Wildman–Crippen LogP) is 3.16. The monoisotopic (exact) mass is 360 g/mol. The Labute approximate surface area is 137 Å². The van der Waals surface area contributed by atoms with E-state index in [1.165, 1.54) is 13.2 Å². The normalized spacial score (nSPS) is 11.7. The Balaban J connectivity index is 1.90. The van der Waals surface area contributed by atoms with Crippen LogP contribution in [-0.2, 0) is 6.42 Å². The maximum atomic E-state index is 12.2. The number of halogens is 4. The van der Waals surface area contributed by atoms with Gasteiger partial charge in [0.1, 0.15) is 11.4 Å². The molecule has 0 fully saturated rings. The van der Waals surface area contributed by atoms with Crippen molar-refractivity contribution in [3.8, 4) is 11.6 Å².